The van der Waals surface area contributed by atoms with E-state index in [-0.39, 0.29) is 5.82 Å². The predicted molar refractivity (Wildman–Crippen MR) is 110 cm³/mol. The Morgan fingerprint density at radius 2 is 1.93 bits per heavy atom. The maximum atomic E-state index is 13.1. The maximum Gasteiger partial charge on any atom is 0.180 e. The quantitative estimate of drug-likeness (QED) is 0.721. The third-order valence-corrected chi connectivity index (χ3v) is 5.32. The minimum absolute atomic E-state index is 0.195. The summed E-state index contributed by atoms with van der Waals surface area (Å²) in [5.74, 6) is 1.83. The molecule has 1 aliphatic rings. The molecule has 5 nitrogen and oxygen atoms in total. The van der Waals surface area contributed by atoms with Crippen LogP contribution in [0, 0.1) is 25.6 Å². The van der Waals surface area contributed by atoms with Crippen LogP contribution in [0.4, 0.5) is 15.9 Å². The van der Waals surface area contributed by atoms with E-state index in [0.29, 0.717) is 11.7 Å². The van der Waals surface area contributed by atoms with E-state index in [9.17, 15) is 4.39 Å². The van der Waals surface area contributed by atoms with Gasteiger partial charge in [0, 0.05) is 42.8 Å². The van der Waals surface area contributed by atoms with Crippen LogP contribution in [0.15, 0.2) is 48.7 Å². The van der Waals surface area contributed by atoms with Crippen LogP contribution in [0.1, 0.15) is 17.7 Å². The van der Waals surface area contributed by atoms with E-state index in [1.807, 2.05) is 44.2 Å². The Bertz CT molecular complexity index is 943. The SMILES string of the molecule is Cc1nc(-c2ccccn2)nc(NCC2CCN(c3ccc(F)cc3)C2)c1C. The fourth-order valence-electron chi connectivity index (χ4n) is 3.54. The number of pyridine rings is 1. The lowest BCUT2D eigenvalue weighted by atomic mass is 10.1. The van der Waals surface area contributed by atoms with Crippen LogP contribution in [0.3, 0.4) is 0 Å². The first-order valence-electron chi connectivity index (χ1n) is 9.61. The van der Waals surface area contributed by atoms with Gasteiger partial charge < -0.3 is 10.2 Å². The maximum absolute atomic E-state index is 13.1. The first-order valence-corrected chi connectivity index (χ1v) is 9.61. The zero-order chi connectivity index (χ0) is 19.5. The number of nitrogens with zero attached hydrogens (tertiary/aromatic N) is 4. The summed E-state index contributed by atoms with van der Waals surface area (Å²) in [6.45, 7) is 6.82. The molecule has 1 N–H and O–H groups in total. The Kier molecular flexibility index (Phi) is 5.19. The van der Waals surface area contributed by atoms with E-state index in [4.69, 9.17) is 4.98 Å². The summed E-state index contributed by atoms with van der Waals surface area (Å²) in [6, 6.07) is 12.5. The second kappa shape index (κ2) is 7.92. The van der Waals surface area contributed by atoms with Crippen molar-refractivity contribution in [3.05, 3.63) is 65.7 Å². The highest BCUT2D eigenvalue weighted by molar-refractivity contribution is 5.56. The first-order chi connectivity index (χ1) is 13.6. The van der Waals surface area contributed by atoms with Crippen molar-refractivity contribution >= 4 is 11.5 Å². The van der Waals surface area contributed by atoms with Crippen molar-refractivity contribution in [2.45, 2.75) is 20.3 Å². The highest BCUT2D eigenvalue weighted by atomic mass is 19.1. The van der Waals surface area contributed by atoms with Gasteiger partial charge in [0.15, 0.2) is 5.82 Å². The predicted octanol–water partition coefficient (Wildman–Crippen LogP) is 4.23. The lowest BCUT2D eigenvalue weighted by Gasteiger charge is -2.19. The van der Waals surface area contributed by atoms with Gasteiger partial charge in [0.2, 0.25) is 0 Å². The van der Waals surface area contributed by atoms with Crippen LogP contribution in [0.2, 0.25) is 0 Å². The molecule has 3 heterocycles. The molecule has 0 bridgehead atoms. The van der Waals surface area contributed by atoms with Crippen molar-refractivity contribution in [3.8, 4) is 11.5 Å². The lowest BCUT2D eigenvalue weighted by molar-refractivity contribution is 0.620. The molecule has 0 saturated carbocycles. The topological polar surface area (TPSA) is 53.9 Å². The number of hydrogen-bond acceptors (Lipinski definition) is 5. The van der Waals surface area contributed by atoms with E-state index in [1.54, 1.807) is 6.20 Å². The van der Waals surface area contributed by atoms with Crippen molar-refractivity contribution in [1.29, 1.82) is 0 Å². The summed E-state index contributed by atoms with van der Waals surface area (Å²) >= 11 is 0. The first kappa shape index (κ1) is 18.3. The molecule has 1 fully saturated rings. The molecule has 1 unspecified atom stereocenters. The summed E-state index contributed by atoms with van der Waals surface area (Å²) in [5.41, 5.74) is 3.87. The smallest absolute Gasteiger partial charge is 0.180 e. The largest absolute Gasteiger partial charge is 0.371 e. The zero-order valence-corrected chi connectivity index (χ0v) is 16.2. The molecule has 0 radical (unpaired) electrons. The molecule has 28 heavy (non-hydrogen) atoms. The highest BCUT2D eigenvalue weighted by Gasteiger charge is 2.23. The molecule has 3 aromatic rings. The minimum atomic E-state index is -0.195. The second-order valence-electron chi connectivity index (χ2n) is 7.28. The van der Waals surface area contributed by atoms with Gasteiger partial charge in [0.25, 0.3) is 0 Å². The normalized spacial score (nSPS) is 16.4. The van der Waals surface area contributed by atoms with Crippen LogP contribution >= 0.6 is 0 Å². The van der Waals surface area contributed by atoms with Crippen LogP contribution < -0.4 is 10.2 Å². The van der Waals surface area contributed by atoms with Crippen molar-refractivity contribution in [2.75, 3.05) is 29.9 Å². The molecular weight excluding hydrogens is 353 g/mol. The van der Waals surface area contributed by atoms with Crippen molar-refractivity contribution in [3.63, 3.8) is 0 Å². The van der Waals surface area contributed by atoms with E-state index >= 15 is 0 Å². The molecule has 144 valence electrons. The van der Waals surface area contributed by atoms with Gasteiger partial charge >= 0.3 is 0 Å². The Hall–Kier alpha value is -3.02. The Morgan fingerprint density at radius 1 is 1.11 bits per heavy atom. The third kappa shape index (κ3) is 3.96. The number of rotatable bonds is 5. The van der Waals surface area contributed by atoms with Crippen LogP contribution in [0.5, 0.6) is 0 Å². The number of anilines is 2. The Labute approximate surface area is 164 Å². The van der Waals surface area contributed by atoms with Crippen molar-refractivity contribution in [2.24, 2.45) is 5.92 Å². The molecule has 2 aromatic heterocycles. The van der Waals surface area contributed by atoms with E-state index < -0.39 is 0 Å². The Morgan fingerprint density at radius 3 is 2.68 bits per heavy atom. The molecule has 1 aliphatic heterocycles. The van der Waals surface area contributed by atoms with Gasteiger partial charge in [0.1, 0.15) is 17.3 Å². The van der Waals surface area contributed by atoms with Crippen LogP contribution in [-0.4, -0.2) is 34.6 Å². The molecule has 1 aromatic carbocycles. The monoisotopic (exact) mass is 377 g/mol. The van der Waals surface area contributed by atoms with Gasteiger partial charge in [0.05, 0.1) is 0 Å². The fraction of sp³-hybridized carbons (Fsp3) is 0.318. The molecule has 1 saturated heterocycles. The number of aryl methyl sites for hydroxylation is 1. The van der Waals surface area contributed by atoms with Gasteiger partial charge in [-0.25, -0.2) is 14.4 Å². The van der Waals surface area contributed by atoms with Crippen molar-refractivity contribution in [1.82, 2.24) is 15.0 Å². The number of aromatic nitrogens is 3. The minimum Gasteiger partial charge on any atom is -0.371 e. The molecule has 6 heteroatoms. The van der Waals surface area contributed by atoms with Gasteiger partial charge in [-0.2, -0.15) is 0 Å². The van der Waals surface area contributed by atoms with Crippen LogP contribution in [-0.2, 0) is 0 Å². The average Bonchev–Trinajstić information content (AvgIpc) is 3.19. The number of nitrogens with one attached hydrogen (secondary N) is 1. The van der Waals surface area contributed by atoms with Crippen molar-refractivity contribution < 1.29 is 4.39 Å². The van der Waals surface area contributed by atoms with Crippen LogP contribution in [0.25, 0.3) is 11.5 Å². The van der Waals surface area contributed by atoms with E-state index in [1.165, 1.54) is 12.1 Å². The second-order valence-corrected chi connectivity index (χ2v) is 7.28. The molecule has 0 spiro atoms. The molecule has 1 atom stereocenters. The fourth-order valence-corrected chi connectivity index (χ4v) is 3.54. The summed E-state index contributed by atoms with van der Waals surface area (Å²) in [7, 11) is 0. The molecule has 4 rings (SSSR count). The van der Waals surface area contributed by atoms with E-state index in [2.05, 4.69) is 20.2 Å². The number of benzene rings is 1. The number of halogens is 1. The zero-order valence-electron chi connectivity index (χ0n) is 16.2. The summed E-state index contributed by atoms with van der Waals surface area (Å²) in [4.78, 5) is 16.0. The van der Waals surface area contributed by atoms with Gasteiger partial charge in [-0.05, 0) is 62.6 Å². The number of hydrogen-bond donors (Lipinski definition) is 1. The van der Waals surface area contributed by atoms with Gasteiger partial charge in [-0.15, -0.1) is 0 Å². The standard InChI is InChI=1S/C22H24FN5/c1-15-16(2)26-22(20-5-3-4-11-24-20)27-21(15)25-13-17-10-12-28(14-17)19-8-6-18(23)7-9-19/h3-9,11,17H,10,12-14H2,1-2H3,(H,25,26,27). The lowest BCUT2D eigenvalue weighted by Crippen LogP contribution is -2.23. The van der Waals surface area contributed by atoms with Gasteiger partial charge in [-0.3, -0.25) is 4.98 Å². The third-order valence-electron chi connectivity index (χ3n) is 5.32. The molecule has 0 aliphatic carbocycles. The van der Waals surface area contributed by atoms with E-state index in [0.717, 1.165) is 54.5 Å². The molecular formula is C22H24FN5. The summed E-state index contributed by atoms with van der Waals surface area (Å²) in [5, 5.41) is 3.52. The molecule has 0 amide bonds. The summed E-state index contributed by atoms with van der Waals surface area (Å²) in [6.07, 6.45) is 2.85. The Balaban J connectivity index is 1.44. The highest BCUT2D eigenvalue weighted by Crippen LogP contribution is 2.25. The average molecular weight is 377 g/mol. The summed E-state index contributed by atoms with van der Waals surface area (Å²) < 4.78 is 13.1. The van der Waals surface area contributed by atoms with Gasteiger partial charge in [-0.1, -0.05) is 6.07 Å².